The number of benzene rings is 1. The van der Waals surface area contributed by atoms with Crippen LogP contribution in [-0.4, -0.2) is 47.1 Å². The van der Waals surface area contributed by atoms with E-state index in [-0.39, 0.29) is 17.4 Å². The molecule has 0 atom stereocenters. The molecule has 2 aliphatic rings. The first-order valence-corrected chi connectivity index (χ1v) is 11.2. The summed E-state index contributed by atoms with van der Waals surface area (Å²) in [5.74, 6) is 0.318. The van der Waals surface area contributed by atoms with Crippen LogP contribution in [0.15, 0.2) is 33.1 Å². The molecular weight excluding hydrogens is 404 g/mol. The Hall–Kier alpha value is -3.29. The second-order valence-electron chi connectivity index (χ2n) is 8.69. The molecule has 0 radical (unpaired) electrons. The molecular formula is C24H30N6O2. The molecule has 2 aliphatic heterocycles. The maximum absolute atomic E-state index is 12.9. The van der Waals surface area contributed by atoms with Gasteiger partial charge in [0, 0.05) is 31.4 Å². The molecule has 0 spiro atoms. The molecule has 1 amide bonds. The highest BCUT2D eigenvalue weighted by Gasteiger charge is 2.27. The third kappa shape index (κ3) is 3.85. The average molecular weight is 435 g/mol. The molecule has 3 heterocycles. The quantitative estimate of drug-likeness (QED) is 0.798. The van der Waals surface area contributed by atoms with Crippen LogP contribution in [0.2, 0.25) is 0 Å². The summed E-state index contributed by atoms with van der Waals surface area (Å²) in [5.41, 5.74) is 4.31. The number of fused-ring (bicyclic) bond motifs is 1. The van der Waals surface area contributed by atoms with Crippen LogP contribution in [0.25, 0.3) is 0 Å². The molecule has 0 bridgehead atoms. The van der Waals surface area contributed by atoms with E-state index in [2.05, 4.69) is 15.3 Å². The summed E-state index contributed by atoms with van der Waals surface area (Å²) in [7, 11) is 1.61. The first-order valence-electron chi connectivity index (χ1n) is 11.2. The standard InChI is InChI=1S/C24H30N6O2/c1-14(2)20-15(3)24(32)30-22(27-20)21(16(4)28-30)26-19-10-9-17(13-18(19)23(31)25-5)29-11-7-6-8-12-29/h9-10,13-14H,6-8,11-12H2,1-5H3,(H,25,31). The lowest BCUT2D eigenvalue weighted by molar-refractivity contribution is 0.0964. The van der Waals surface area contributed by atoms with E-state index in [1.807, 2.05) is 32.0 Å². The minimum Gasteiger partial charge on any atom is -0.372 e. The summed E-state index contributed by atoms with van der Waals surface area (Å²) in [6.45, 7) is 9.58. The lowest BCUT2D eigenvalue weighted by Crippen LogP contribution is -2.29. The van der Waals surface area contributed by atoms with E-state index in [1.54, 1.807) is 20.9 Å². The second-order valence-corrected chi connectivity index (χ2v) is 8.69. The molecule has 0 unspecified atom stereocenters. The number of nitrogens with one attached hydrogen (secondary N) is 1. The summed E-state index contributed by atoms with van der Waals surface area (Å²) >= 11 is 0. The second kappa shape index (κ2) is 8.68. The van der Waals surface area contributed by atoms with Gasteiger partial charge >= 0.3 is 0 Å². The van der Waals surface area contributed by atoms with Crippen molar-refractivity contribution in [1.82, 2.24) is 15.0 Å². The lowest BCUT2D eigenvalue weighted by Gasteiger charge is -2.29. The highest BCUT2D eigenvalue weighted by Crippen LogP contribution is 2.29. The summed E-state index contributed by atoms with van der Waals surface area (Å²) in [4.78, 5) is 37.4. The average Bonchev–Trinajstić information content (AvgIpc) is 3.11. The van der Waals surface area contributed by atoms with E-state index in [0.717, 1.165) is 37.3 Å². The number of anilines is 1. The number of carbonyl (C=O) groups excluding carboxylic acids is 1. The van der Waals surface area contributed by atoms with Crippen LogP contribution in [0.4, 0.5) is 11.4 Å². The van der Waals surface area contributed by atoms with Gasteiger partial charge < -0.3 is 10.2 Å². The van der Waals surface area contributed by atoms with Gasteiger partial charge in [-0.2, -0.15) is 9.78 Å². The van der Waals surface area contributed by atoms with Crippen LogP contribution in [-0.2, 0) is 0 Å². The van der Waals surface area contributed by atoms with E-state index in [9.17, 15) is 9.59 Å². The fraction of sp³-hybridized carbons (Fsp3) is 0.458. The van der Waals surface area contributed by atoms with Crippen LogP contribution in [0.5, 0.6) is 0 Å². The Kier molecular flexibility index (Phi) is 5.95. The molecule has 1 N–H and O–H groups in total. The molecule has 1 aromatic carbocycles. The van der Waals surface area contributed by atoms with Gasteiger partial charge in [-0.15, -0.1) is 0 Å². The van der Waals surface area contributed by atoms with Crippen molar-refractivity contribution in [2.24, 2.45) is 10.1 Å². The van der Waals surface area contributed by atoms with Gasteiger partial charge in [-0.05, 0) is 57.2 Å². The van der Waals surface area contributed by atoms with Crippen LogP contribution >= 0.6 is 0 Å². The van der Waals surface area contributed by atoms with Crippen LogP contribution in [0.3, 0.4) is 0 Å². The largest absolute Gasteiger partial charge is 0.372 e. The highest BCUT2D eigenvalue weighted by atomic mass is 16.1. The minimum absolute atomic E-state index is 0.0982. The van der Waals surface area contributed by atoms with Gasteiger partial charge in [0.2, 0.25) is 0 Å². The number of nitrogens with zero attached hydrogens (tertiary/aromatic N) is 5. The molecule has 2 aromatic rings. The molecule has 8 heteroatoms. The zero-order valence-corrected chi connectivity index (χ0v) is 19.4. The fourth-order valence-electron chi connectivity index (χ4n) is 4.32. The first kappa shape index (κ1) is 21.9. The maximum atomic E-state index is 12.9. The molecule has 1 aromatic heterocycles. The smallest absolute Gasteiger partial charge is 0.277 e. The van der Waals surface area contributed by atoms with Crippen molar-refractivity contribution < 1.29 is 4.79 Å². The van der Waals surface area contributed by atoms with Gasteiger partial charge in [0.25, 0.3) is 11.5 Å². The number of aromatic nitrogens is 2. The summed E-state index contributed by atoms with van der Waals surface area (Å²) < 4.78 is 1.32. The summed E-state index contributed by atoms with van der Waals surface area (Å²) in [6, 6.07) is 5.78. The lowest BCUT2D eigenvalue weighted by atomic mass is 10.1. The van der Waals surface area contributed by atoms with E-state index < -0.39 is 0 Å². The predicted molar refractivity (Wildman–Crippen MR) is 128 cm³/mol. The zero-order valence-electron chi connectivity index (χ0n) is 19.4. The third-order valence-electron chi connectivity index (χ3n) is 6.08. The zero-order chi connectivity index (χ0) is 23.0. The van der Waals surface area contributed by atoms with Crippen molar-refractivity contribution in [2.75, 3.05) is 25.0 Å². The van der Waals surface area contributed by atoms with E-state index in [4.69, 9.17) is 9.98 Å². The molecule has 4 rings (SSSR count). The molecule has 0 aliphatic carbocycles. The van der Waals surface area contributed by atoms with E-state index in [1.165, 1.54) is 11.1 Å². The third-order valence-corrected chi connectivity index (χ3v) is 6.08. The minimum atomic E-state index is -0.201. The Morgan fingerprint density at radius 1 is 1.16 bits per heavy atom. The van der Waals surface area contributed by atoms with Crippen molar-refractivity contribution in [3.05, 3.63) is 51.2 Å². The Labute approximate surface area is 188 Å². The molecule has 0 saturated carbocycles. The summed E-state index contributed by atoms with van der Waals surface area (Å²) in [6.07, 6.45) is 3.56. The number of rotatable bonds is 4. The number of aliphatic imine (C=N–C) groups is 1. The van der Waals surface area contributed by atoms with E-state index >= 15 is 0 Å². The van der Waals surface area contributed by atoms with E-state index in [0.29, 0.717) is 34.1 Å². The normalized spacial score (nSPS) is 17.0. The van der Waals surface area contributed by atoms with Gasteiger partial charge in [-0.25, -0.2) is 9.98 Å². The molecule has 168 valence electrons. The molecule has 32 heavy (non-hydrogen) atoms. The Morgan fingerprint density at radius 3 is 2.53 bits per heavy atom. The number of carbonyl (C=O) groups is 1. The predicted octanol–water partition coefficient (Wildman–Crippen LogP) is 3.38. The topological polar surface area (TPSA) is 91.9 Å². The Bertz CT molecular complexity index is 1190. The number of piperidine rings is 1. The molecule has 1 saturated heterocycles. The fourth-order valence-corrected chi connectivity index (χ4v) is 4.32. The van der Waals surface area contributed by atoms with Crippen molar-refractivity contribution in [3.63, 3.8) is 0 Å². The summed E-state index contributed by atoms with van der Waals surface area (Å²) in [5, 5.41) is 7.11. The van der Waals surface area contributed by atoms with Crippen LogP contribution < -0.4 is 15.8 Å². The van der Waals surface area contributed by atoms with Gasteiger partial charge in [0.1, 0.15) is 5.71 Å². The SMILES string of the molecule is CNC(=O)c1cc(N2CCCCC2)ccc1N=C1C(C)=Nn2c1nc(C(C)C)c(C)c2=O. The number of hydrogen-bond donors (Lipinski definition) is 1. The first-order chi connectivity index (χ1) is 15.3. The van der Waals surface area contributed by atoms with Crippen molar-refractivity contribution in [3.8, 4) is 0 Å². The van der Waals surface area contributed by atoms with Gasteiger partial charge in [-0.1, -0.05) is 13.8 Å². The van der Waals surface area contributed by atoms with Crippen molar-refractivity contribution in [2.45, 2.75) is 52.9 Å². The Balaban J connectivity index is 1.83. The molecule has 8 nitrogen and oxygen atoms in total. The molecule has 1 fully saturated rings. The van der Waals surface area contributed by atoms with Crippen LogP contribution in [0, 0.1) is 6.92 Å². The van der Waals surface area contributed by atoms with Crippen LogP contribution in [0.1, 0.15) is 73.4 Å². The maximum Gasteiger partial charge on any atom is 0.277 e. The van der Waals surface area contributed by atoms with Crippen molar-refractivity contribution in [1.29, 1.82) is 0 Å². The number of hydrogen-bond acceptors (Lipinski definition) is 6. The highest BCUT2D eigenvalue weighted by molar-refractivity contribution is 6.48. The van der Waals surface area contributed by atoms with Gasteiger partial charge in [-0.3, -0.25) is 9.59 Å². The van der Waals surface area contributed by atoms with Gasteiger partial charge in [0.05, 0.1) is 22.7 Å². The van der Waals surface area contributed by atoms with Gasteiger partial charge in [0.15, 0.2) is 5.82 Å². The Morgan fingerprint density at radius 2 is 1.88 bits per heavy atom. The number of amides is 1. The monoisotopic (exact) mass is 434 g/mol. The van der Waals surface area contributed by atoms with Crippen molar-refractivity contribution >= 4 is 28.7 Å².